The molecular weight excluding hydrogens is 355 g/mol. The molecule has 2 aliphatic heterocycles. The van der Waals surface area contributed by atoms with E-state index in [9.17, 15) is 4.39 Å². The Bertz CT molecular complexity index is 773. The number of halogens is 2. The summed E-state index contributed by atoms with van der Waals surface area (Å²) < 4.78 is 20.4. The van der Waals surface area contributed by atoms with Crippen LogP contribution in [0.1, 0.15) is 30.7 Å². The maximum absolute atomic E-state index is 14.4. The third-order valence-electron chi connectivity index (χ3n) is 5.20. The number of morpholine rings is 1. The molecule has 0 amide bonds. The quantitative estimate of drug-likeness (QED) is 0.885. The number of aromatic nitrogens is 2. The maximum atomic E-state index is 14.4. The van der Waals surface area contributed by atoms with Crippen molar-refractivity contribution in [1.29, 1.82) is 0 Å². The lowest BCUT2D eigenvalue weighted by Crippen LogP contribution is -2.42. The summed E-state index contributed by atoms with van der Waals surface area (Å²) in [5, 5.41) is 3.99. The number of hydrogen-bond acceptors (Lipinski definition) is 5. The first-order valence-corrected chi connectivity index (χ1v) is 9.39. The highest BCUT2D eigenvalue weighted by molar-refractivity contribution is 6.30. The number of aryl methyl sites for hydroxylation is 1. The van der Waals surface area contributed by atoms with Crippen LogP contribution in [0.2, 0.25) is 5.02 Å². The maximum Gasteiger partial charge on any atom is 0.186 e. The monoisotopic (exact) mass is 376 g/mol. The van der Waals surface area contributed by atoms with Crippen LogP contribution >= 0.6 is 11.6 Å². The van der Waals surface area contributed by atoms with Crippen molar-refractivity contribution in [2.24, 2.45) is 0 Å². The van der Waals surface area contributed by atoms with Crippen molar-refractivity contribution in [3.63, 3.8) is 0 Å². The van der Waals surface area contributed by atoms with Gasteiger partial charge in [-0.15, -0.1) is 0 Å². The van der Waals surface area contributed by atoms with Gasteiger partial charge in [0.2, 0.25) is 0 Å². The van der Waals surface area contributed by atoms with Crippen LogP contribution in [0.25, 0.3) is 0 Å². The number of anilines is 1. The van der Waals surface area contributed by atoms with Crippen molar-refractivity contribution < 1.29 is 9.13 Å². The molecule has 1 N–H and O–H groups in total. The van der Waals surface area contributed by atoms with Gasteiger partial charge in [0.15, 0.2) is 11.6 Å². The fourth-order valence-electron chi connectivity index (χ4n) is 3.80. The van der Waals surface area contributed by atoms with Crippen LogP contribution in [-0.4, -0.2) is 46.6 Å². The summed E-state index contributed by atoms with van der Waals surface area (Å²) in [5.41, 5.74) is 1.59. The molecule has 3 heterocycles. The van der Waals surface area contributed by atoms with E-state index in [1.165, 1.54) is 6.33 Å². The van der Waals surface area contributed by atoms with Crippen LogP contribution in [0.4, 0.5) is 10.2 Å². The molecule has 0 unspecified atom stereocenters. The number of rotatable bonds is 4. The Balaban J connectivity index is 1.41. The van der Waals surface area contributed by atoms with Gasteiger partial charge in [0, 0.05) is 30.2 Å². The Labute approximate surface area is 157 Å². The molecule has 3 atom stereocenters. The van der Waals surface area contributed by atoms with Crippen LogP contribution in [-0.2, 0) is 11.2 Å². The van der Waals surface area contributed by atoms with E-state index in [0.717, 1.165) is 30.1 Å². The van der Waals surface area contributed by atoms with Gasteiger partial charge < -0.3 is 10.1 Å². The van der Waals surface area contributed by atoms with Crippen LogP contribution in [0.3, 0.4) is 0 Å². The molecule has 138 valence electrons. The van der Waals surface area contributed by atoms with E-state index in [4.69, 9.17) is 16.3 Å². The van der Waals surface area contributed by atoms with E-state index in [0.29, 0.717) is 30.6 Å². The van der Waals surface area contributed by atoms with Crippen molar-refractivity contribution in [2.75, 3.05) is 25.0 Å². The number of nitrogens with one attached hydrogen (secondary N) is 1. The second-order valence-electron chi connectivity index (χ2n) is 6.89. The molecule has 5 nitrogen and oxygen atoms in total. The Morgan fingerprint density at radius 1 is 1.27 bits per heavy atom. The zero-order valence-electron chi connectivity index (χ0n) is 14.7. The second kappa shape index (κ2) is 7.47. The average Bonchev–Trinajstić information content (AvgIpc) is 3.05. The molecule has 0 saturated carbocycles. The van der Waals surface area contributed by atoms with Crippen molar-refractivity contribution in [3.8, 4) is 0 Å². The van der Waals surface area contributed by atoms with Gasteiger partial charge >= 0.3 is 0 Å². The third kappa shape index (κ3) is 3.54. The highest BCUT2D eigenvalue weighted by Crippen LogP contribution is 2.32. The lowest BCUT2D eigenvalue weighted by molar-refractivity contribution is -0.0501. The molecule has 0 radical (unpaired) electrons. The molecule has 1 aromatic heterocycles. The number of benzene rings is 1. The molecule has 7 heteroatoms. The Hall–Kier alpha value is -1.76. The van der Waals surface area contributed by atoms with E-state index >= 15 is 0 Å². The predicted molar refractivity (Wildman–Crippen MR) is 98.9 cm³/mol. The smallest absolute Gasteiger partial charge is 0.186 e. The summed E-state index contributed by atoms with van der Waals surface area (Å²) >= 11 is 5.97. The van der Waals surface area contributed by atoms with E-state index in [2.05, 4.69) is 20.2 Å². The van der Waals surface area contributed by atoms with Gasteiger partial charge in [0.25, 0.3) is 0 Å². The number of nitrogens with zero attached hydrogens (tertiary/aromatic N) is 3. The Kier molecular flexibility index (Phi) is 5.07. The van der Waals surface area contributed by atoms with Gasteiger partial charge in [-0.25, -0.2) is 14.4 Å². The van der Waals surface area contributed by atoms with Gasteiger partial charge in [-0.3, -0.25) is 4.90 Å². The standard InChI is InChI=1S/C19H22ClFN4O/c1-2-16-18(21)19(23-11-22-16)24-14-7-15-10-26-17(9-25(15)8-14)12-3-5-13(20)6-4-12/h3-6,11,14-15,17H,2,7-10H2,1H3,(H,22,23,24)/t14-,15-,17+/m0/s1. The molecular formula is C19H22ClFN4O. The summed E-state index contributed by atoms with van der Waals surface area (Å²) in [6.45, 7) is 4.25. The van der Waals surface area contributed by atoms with Gasteiger partial charge in [0.05, 0.1) is 18.4 Å². The molecule has 0 aliphatic carbocycles. The van der Waals surface area contributed by atoms with Gasteiger partial charge in [0.1, 0.15) is 6.33 Å². The van der Waals surface area contributed by atoms with Crippen molar-refractivity contribution in [1.82, 2.24) is 14.9 Å². The first-order valence-electron chi connectivity index (χ1n) is 9.01. The van der Waals surface area contributed by atoms with Crippen LogP contribution in [0, 0.1) is 5.82 Å². The molecule has 2 fully saturated rings. The molecule has 4 rings (SSSR count). The van der Waals surface area contributed by atoms with Crippen molar-refractivity contribution in [2.45, 2.75) is 38.0 Å². The highest BCUT2D eigenvalue weighted by Gasteiger charge is 2.38. The Morgan fingerprint density at radius 3 is 2.85 bits per heavy atom. The average molecular weight is 377 g/mol. The predicted octanol–water partition coefficient (Wildman–Crippen LogP) is 3.46. The fourth-order valence-corrected chi connectivity index (χ4v) is 3.93. The third-order valence-corrected chi connectivity index (χ3v) is 5.45. The first-order chi connectivity index (χ1) is 12.6. The minimum absolute atomic E-state index is 0.0461. The molecule has 0 spiro atoms. The van der Waals surface area contributed by atoms with Gasteiger partial charge in [-0.2, -0.15) is 0 Å². The van der Waals surface area contributed by atoms with Crippen molar-refractivity contribution >= 4 is 17.4 Å². The minimum atomic E-state index is -0.338. The number of hydrogen-bond donors (Lipinski definition) is 1. The SMILES string of the molecule is CCc1ncnc(N[C@H]2C[C@H]3CO[C@@H](c4ccc(Cl)cc4)CN3C2)c1F. The van der Waals surface area contributed by atoms with E-state index < -0.39 is 0 Å². The molecule has 0 bridgehead atoms. The second-order valence-corrected chi connectivity index (χ2v) is 7.33. The van der Waals surface area contributed by atoms with Crippen LogP contribution < -0.4 is 5.32 Å². The molecule has 2 saturated heterocycles. The largest absolute Gasteiger partial charge is 0.371 e. The topological polar surface area (TPSA) is 50.3 Å². The highest BCUT2D eigenvalue weighted by atomic mass is 35.5. The lowest BCUT2D eigenvalue weighted by atomic mass is 10.1. The fraction of sp³-hybridized carbons (Fsp3) is 0.474. The zero-order valence-corrected chi connectivity index (χ0v) is 15.4. The minimum Gasteiger partial charge on any atom is -0.371 e. The lowest BCUT2D eigenvalue weighted by Gasteiger charge is -2.35. The van der Waals surface area contributed by atoms with Crippen LogP contribution in [0.5, 0.6) is 0 Å². The summed E-state index contributed by atoms with van der Waals surface area (Å²) in [6.07, 6.45) is 2.94. The molecule has 26 heavy (non-hydrogen) atoms. The number of fused-ring (bicyclic) bond motifs is 1. The van der Waals surface area contributed by atoms with Crippen LogP contribution in [0.15, 0.2) is 30.6 Å². The normalized spacial score (nSPS) is 25.9. The molecule has 2 aliphatic rings. The molecule has 1 aromatic carbocycles. The summed E-state index contributed by atoms with van der Waals surface area (Å²) in [7, 11) is 0. The van der Waals surface area contributed by atoms with Gasteiger partial charge in [-0.1, -0.05) is 30.7 Å². The van der Waals surface area contributed by atoms with E-state index in [1.807, 2.05) is 31.2 Å². The zero-order chi connectivity index (χ0) is 18.1. The number of ether oxygens (including phenoxy) is 1. The van der Waals surface area contributed by atoms with E-state index in [1.54, 1.807) is 0 Å². The summed E-state index contributed by atoms with van der Waals surface area (Å²) in [4.78, 5) is 10.5. The van der Waals surface area contributed by atoms with Crippen molar-refractivity contribution in [3.05, 3.63) is 52.7 Å². The summed E-state index contributed by atoms with van der Waals surface area (Å²) in [5.74, 6) is -0.0352. The van der Waals surface area contributed by atoms with E-state index in [-0.39, 0.29) is 18.0 Å². The Morgan fingerprint density at radius 2 is 2.08 bits per heavy atom. The van der Waals surface area contributed by atoms with Gasteiger partial charge in [-0.05, 0) is 30.5 Å². The summed E-state index contributed by atoms with van der Waals surface area (Å²) in [6, 6.07) is 8.32. The first kappa shape index (κ1) is 17.6. The molecule has 2 aromatic rings.